The lowest BCUT2D eigenvalue weighted by atomic mass is 10.0. The van der Waals surface area contributed by atoms with Crippen LogP contribution in [0.4, 0.5) is 0 Å². The fourth-order valence-corrected chi connectivity index (χ4v) is 3.33. The Bertz CT molecular complexity index is 270. The van der Waals surface area contributed by atoms with Crippen LogP contribution < -0.4 is 5.32 Å². The van der Waals surface area contributed by atoms with Crippen molar-refractivity contribution in [3.8, 4) is 0 Å². The monoisotopic (exact) mass is 287 g/mol. The Balaban J connectivity index is 2.04. The standard InChI is InChI=1S/C15H29NO2S/c1-15(2,3)19-10-6-9-14(18)16-11-13(17)12-7-4-5-8-12/h12-13,17H,4-11H2,1-3H3,(H,16,18). The fourth-order valence-electron chi connectivity index (χ4n) is 2.43. The molecule has 0 aliphatic heterocycles. The van der Waals surface area contributed by atoms with Gasteiger partial charge in [-0.1, -0.05) is 33.6 Å². The van der Waals surface area contributed by atoms with E-state index >= 15 is 0 Å². The van der Waals surface area contributed by atoms with Crippen molar-refractivity contribution in [2.24, 2.45) is 5.92 Å². The largest absolute Gasteiger partial charge is 0.391 e. The summed E-state index contributed by atoms with van der Waals surface area (Å²) >= 11 is 1.89. The predicted molar refractivity (Wildman–Crippen MR) is 82.4 cm³/mol. The van der Waals surface area contributed by atoms with Crippen LogP contribution in [0.3, 0.4) is 0 Å². The number of carbonyl (C=O) groups excluding carboxylic acids is 1. The molecule has 1 aliphatic rings. The molecule has 0 radical (unpaired) electrons. The highest BCUT2D eigenvalue weighted by atomic mass is 32.2. The zero-order valence-corrected chi connectivity index (χ0v) is 13.4. The third-order valence-electron chi connectivity index (χ3n) is 3.54. The molecule has 1 rings (SSSR count). The van der Waals surface area contributed by atoms with Gasteiger partial charge in [0.15, 0.2) is 0 Å². The number of aliphatic hydroxyl groups is 1. The smallest absolute Gasteiger partial charge is 0.220 e. The molecular formula is C15H29NO2S. The quantitative estimate of drug-likeness (QED) is 0.708. The minimum absolute atomic E-state index is 0.0755. The van der Waals surface area contributed by atoms with Crippen LogP contribution in [-0.4, -0.2) is 34.2 Å². The number of carbonyl (C=O) groups is 1. The summed E-state index contributed by atoms with van der Waals surface area (Å²) in [5.41, 5.74) is 0. The highest BCUT2D eigenvalue weighted by Gasteiger charge is 2.23. The molecule has 0 heterocycles. The summed E-state index contributed by atoms with van der Waals surface area (Å²) in [5.74, 6) is 1.49. The third kappa shape index (κ3) is 7.83. The van der Waals surface area contributed by atoms with Crippen molar-refractivity contribution in [2.75, 3.05) is 12.3 Å². The molecule has 1 atom stereocenters. The Hall–Kier alpha value is -0.220. The summed E-state index contributed by atoms with van der Waals surface area (Å²) in [6, 6.07) is 0. The molecule has 3 nitrogen and oxygen atoms in total. The van der Waals surface area contributed by atoms with E-state index in [0.29, 0.717) is 18.9 Å². The maximum absolute atomic E-state index is 11.7. The van der Waals surface area contributed by atoms with Crippen molar-refractivity contribution < 1.29 is 9.90 Å². The first-order valence-electron chi connectivity index (χ1n) is 7.47. The van der Waals surface area contributed by atoms with Gasteiger partial charge in [-0.05, 0) is 30.9 Å². The second kappa shape index (κ2) is 8.15. The van der Waals surface area contributed by atoms with Crippen LogP contribution in [0.15, 0.2) is 0 Å². The molecule has 2 N–H and O–H groups in total. The van der Waals surface area contributed by atoms with Crippen molar-refractivity contribution in [3.63, 3.8) is 0 Å². The van der Waals surface area contributed by atoms with Crippen molar-refractivity contribution in [3.05, 3.63) is 0 Å². The van der Waals surface area contributed by atoms with Crippen LogP contribution in [0.1, 0.15) is 59.3 Å². The number of aliphatic hydroxyl groups excluding tert-OH is 1. The maximum atomic E-state index is 11.7. The third-order valence-corrected chi connectivity index (χ3v) is 4.89. The summed E-state index contributed by atoms with van der Waals surface area (Å²) in [4.78, 5) is 11.7. The molecule has 112 valence electrons. The van der Waals surface area contributed by atoms with Crippen LogP contribution in [0.2, 0.25) is 0 Å². The molecule has 1 amide bonds. The zero-order chi connectivity index (χ0) is 14.3. The van der Waals surface area contributed by atoms with E-state index in [1.54, 1.807) is 0 Å². The normalized spacial score (nSPS) is 18.5. The minimum Gasteiger partial charge on any atom is -0.391 e. The molecule has 0 spiro atoms. The number of hydrogen-bond donors (Lipinski definition) is 2. The van der Waals surface area contributed by atoms with Gasteiger partial charge in [0.25, 0.3) is 0 Å². The molecule has 0 aromatic carbocycles. The van der Waals surface area contributed by atoms with Gasteiger partial charge in [0, 0.05) is 17.7 Å². The van der Waals surface area contributed by atoms with E-state index in [4.69, 9.17) is 0 Å². The number of nitrogens with one attached hydrogen (secondary N) is 1. The fraction of sp³-hybridized carbons (Fsp3) is 0.933. The molecule has 1 saturated carbocycles. The highest BCUT2D eigenvalue weighted by molar-refractivity contribution is 8.00. The van der Waals surface area contributed by atoms with E-state index in [0.717, 1.165) is 25.0 Å². The van der Waals surface area contributed by atoms with Crippen molar-refractivity contribution in [2.45, 2.75) is 70.1 Å². The van der Waals surface area contributed by atoms with Crippen molar-refractivity contribution >= 4 is 17.7 Å². The first kappa shape index (κ1) is 16.8. The molecular weight excluding hydrogens is 258 g/mol. The lowest BCUT2D eigenvalue weighted by Gasteiger charge is -2.18. The zero-order valence-electron chi connectivity index (χ0n) is 12.6. The highest BCUT2D eigenvalue weighted by Crippen LogP contribution is 2.27. The second-order valence-corrected chi connectivity index (χ2v) is 8.40. The molecule has 19 heavy (non-hydrogen) atoms. The van der Waals surface area contributed by atoms with Gasteiger partial charge in [-0.25, -0.2) is 0 Å². The molecule has 1 unspecified atom stereocenters. The van der Waals surface area contributed by atoms with Gasteiger partial charge in [-0.15, -0.1) is 0 Å². The molecule has 0 aromatic rings. The van der Waals surface area contributed by atoms with E-state index in [1.165, 1.54) is 12.8 Å². The molecule has 1 fully saturated rings. The Kier molecular flexibility index (Phi) is 7.22. The van der Waals surface area contributed by atoms with E-state index in [-0.39, 0.29) is 16.8 Å². The summed E-state index contributed by atoms with van der Waals surface area (Å²) < 4.78 is 0.273. The average Bonchev–Trinajstić information content (AvgIpc) is 2.84. The van der Waals surface area contributed by atoms with Gasteiger partial charge >= 0.3 is 0 Å². The SMILES string of the molecule is CC(C)(C)SCCCC(=O)NCC(O)C1CCCC1. The molecule has 1 aliphatic carbocycles. The van der Waals surface area contributed by atoms with Crippen LogP contribution in [-0.2, 0) is 4.79 Å². The van der Waals surface area contributed by atoms with Crippen molar-refractivity contribution in [1.82, 2.24) is 5.32 Å². The summed E-state index contributed by atoms with van der Waals surface area (Å²) in [6.45, 7) is 7.00. The van der Waals surface area contributed by atoms with Crippen LogP contribution in [0.5, 0.6) is 0 Å². The number of hydrogen-bond acceptors (Lipinski definition) is 3. The van der Waals surface area contributed by atoms with Gasteiger partial charge in [-0.3, -0.25) is 4.79 Å². The first-order chi connectivity index (χ1) is 8.88. The Morgan fingerprint density at radius 3 is 2.58 bits per heavy atom. The second-order valence-electron chi connectivity index (χ2n) is 6.48. The van der Waals surface area contributed by atoms with E-state index < -0.39 is 0 Å². The Morgan fingerprint density at radius 2 is 2.00 bits per heavy atom. The average molecular weight is 287 g/mol. The Labute approximate surface area is 121 Å². The number of rotatable bonds is 7. The minimum atomic E-state index is -0.351. The van der Waals surface area contributed by atoms with E-state index in [9.17, 15) is 9.90 Å². The van der Waals surface area contributed by atoms with Crippen LogP contribution >= 0.6 is 11.8 Å². The van der Waals surface area contributed by atoms with E-state index in [1.807, 2.05) is 11.8 Å². The number of amides is 1. The lowest BCUT2D eigenvalue weighted by molar-refractivity contribution is -0.121. The summed E-state index contributed by atoms with van der Waals surface area (Å²) in [5, 5.41) is 12.8. The molecule has 0 bridgehead atoms. The lowest BCUT2D eigenvalue weighted by Crippen LogP contribution is -2.35. The molecule has 0 saturated heterocycles. The van der Waals surface area contributed by atoms with Gasteiger partial charge in [0.1, 0.15) is 0 Å². The van der Waals surface area contributed by atoms with Gasteiger partial charge in [0.05, 0.1) is 6.10 Å². The summed E-state index contributed by atoms with van der Waals surface area (Å²) in [7, 11) is 0. The van der Waals surface area contributed by atoms with Crippen LogP contribution in [0, 0.1) is 5.92 Å². The maximum Gasteiger partial charge on any atom is 0.220 e. The first-order valence-corrected chi connectivity index (χ1v) is 8.46. The van der Waals surface area contributed by atoms with Crippen molar-refractivity contribution in [1.29, 1.82) is 0 Å². The summed E-state index contributed by atoms with van der Waals surface area (Å²) in [6.07, 6.45) is 5.79. The van der Waals surface area contributed by atoms with Gasteiger partial charge in [-0.2, -0.15) is 11.8 Å². The topological polar surface area (TPSA) is 49.3 Å². The van der Waals surface area contributed by atoms with Gasteiger partial charge in [0.2, 0.25) is 5.91 Å². The van der Waals surface area contributed by atoms with Crippen LogP contribution in [0.25, 0.3) is 0 Å². The molecule has 4 heteroatoms. The van der Waals surface area contributed by atoms with E-state index in [2.05, 4.69) is 26.1 Å². The Morgan fingerprint density at radius 1 is 1.37 bits per heavy atom. The predicted octanol–water partition coefficient (Wildman–Crippen LogP) is 2.97. The number of thioether (sulfide) groups is 1. The molecule has 0 aromatic heterocycles. The van der Waals surface area contributed by atoms with Gasteiger partial charge < -0.3 is 10.4 Å².